The highest BCUT2D eigenvalue weighted by Crippen LogP contribution is 2.35. The summed E-state index contributed by atoms with van der Waals surface area (Å²) < 4.78 is 7.47. The third kappa shape index (κ3) is 4.56. The molecule has 2 aromatic carbocycles. The highest BCUT2D eigenvalue weighted by atomic mass is 35.5. The molecule has 8 heteroatoms. The number of nitrogens with zero attached hydrogens (tertiary/aromatic N) is 1. The minimum Gasteiger partial charge on any atom is -0.396 e. The van der Waals surface area contributed by atoms with Gasteiger partial charge in [-0.05, 0) is 48.1 Å². The van der Waals surface area contributed by atoms with Gasteiger partial charge in [0.2, 0.25) is 0 Å². The maximum Gasteiger partial charge on any atom is 0.163 e. The van der Waals surface area contributed by atoms with Crippen LogP contribution in [-0.4, -0.2) is 67.7 Å². The molecule has 1 fully saturated rings. The van der Waals surface area contributed by atoms with Gasteiger partial charge in [-0.15, -0.1) is 0 Å². The summed E-state index contributed by atoms with van der Waals surface area (Å²) >= 11 is 6.24. The molecule has 0 unspecified atom stereocenters. The second kappa shape index (κ2) is 9.89. The molecule has 32 heavy (non-hydrogen) atoms. The Kier molecular flexibility index (Phi) is 7.17. The van der Waals surface area contributed by atoms with E-state index in [1.165, 1.54) is 5.56 Å². The zero-order valence-corrected chi connectivity index (χ0v) is 18.3. The molecule has 5 N–H and O–H groups in total. The van der Waals surface area contributed by atoms with Crippen LogP contribution in [0.4, 0.5) is 0 Å². The minimum absolute atomic E-state index is 0.168. The fourth-order valence-corrected chi connectivity index (χ4v) is 4.45. The Bertz CT molecular complexity index is 1050. The van der Waals surface area contributed by atoms with Crippen molar-refractivity contribution in [3.63, 3.8) is 0 Å². The van der Waals surface area contributed by atoms with Crippen LogP contribution in [0.3, 0.4) is 0 Å². The summed E-state index contributed by atoms with van der Waals surface area (Å²) in [4.78, 5) is 0. The first kappa shape index (κ1) is 23.2. The minimum atomic E-state index is -1.46. The largest absolute Gasteiger partial charge is 0.396 e. The van der Waals surface area contributed by atoms with Gasteiger partial charge in [0.1, 0.15) is 24.4 Å². The molecule has 0 amide bonds. The predicted octanol–water partition coefficient (Wildman–Crippen LogP) is 1.78. The lowest BCUT2D eigenvalue weighted by Crippen LogP contribution is -2.56. The fourth-order valence-electron chi connectivity index (χ4n) is 4.29. The van der Waals surface area contributed by atoms with Crippen molar-refractivity contribution in [3.8, 4) is 0 Å². The molecule has 7 nitrogen and oxygen atoms in total. The van der Waals surface area contributed by atoms with Crippen molar-refractivity contribution >= 4 is 22.5 Å². The van der Waals surface area contributed by atoms with Crippen molar-refractivity contribution < 1.29 is 30.3 Å². The molecule has 0 radical (unpaired) electrons. The van der Waals surface area contributed by atoms with Gasteiger partial charge in [0.15, 0.2) is 6.23 Å². The first-order valence-electron chi connectivity index (χ1n) is 10.7. The van der Waals surface area contributed by atoms with E-state index in [0.29, 0.717) is 11.4 Å². The van der Waals surface area contributed by atoms with Gasteiger partial charge in [0.05, 0.1) is 12.1 Å². The lowest BCUT2D eigenvalue weighted by molar-refractivity contribution is -0.250. The van der Waals surface area contributed by atoms with E-state index >= 15 is 0 Å². The quantitative estimate of drug-likeness (QED) is 0.366. The average Bonchev–Trinajstić information content (AvgIpc) is 3.14. The Labute approximate surface area is 191 Å². The van der Waals surface area contributed by atoms with Crippen molar-refractivity contribution in [2.24, 2.45) is 0 Å². The van der Waals surface area contributed by atoms with E-state index in [4.69, 9.17) is 21.4 Å². The van der Waals surface area contributed by atoms with Crippen LogP contribution in [0.15, 0.2) is 48.7 Å². The Morgan fingerprint density at radius 3 is 2.31 bits per heavy atom. The van der Waals surface area contributed by atoms with Crippen molar-refractivity contribution in [1.29, 1.82) is 0 Å². The highest BCUT2D eigenvalue weighted by Gasteiger charge is 2.44. The molecule has 172 valence electrons. The zero-order valence-electron chi connectivity index (χ0n) is 17.5. The molecule has 1 aliphatic rings. The lowest BCUT2D eigenvalue weighted by atomic mass is 9.98. The third-order valence-electron chi connectivity index (χ3n) is 6.06. The van der Waals surface area contributed by atoms with Crippen LogP contribution in [-0.2, 0) is 17.6 Å². The maximum atomic E-state index is 10.6. The second-order valence-corrected chi connectivity index (χ2v) is 8.70. The lowest BCUT2D eigenvalue weighted by Gasteiger charge is -2.40. The van der Waals surface area contributed by atoms with Gasteiger partial charge in [-0.25, -0.2) is 0 Å². The first-order valence-corrected chi connectivity index (χ1v) is 11.1. The summed E-state index contributed by atoms with van der Waals surface area (Å²) in [5.41, 5.74) is 3.96. The zero-order chi connectivity index (χ0) is 22.8. The molecule has 3 aromatic rings. The molecule has 1 aliphatic heterocycles. The van der Waals surface area contributed by atoms with Gasteiger partial charge in [-0.1, -0.05) is 41.9 Å². The van der Waals surface area contributed by atoms with Crippen LogP contribution in [0.2, 0.25) is 5.02 Å². The van der Waals surface area contributed by atoms with Crippen molar-refractivity contribution in [1.82, 2.24) is 4.57 Å². The number of aliphatic hydroxyl groups is 5. The average molecular weight is 462 g/mol. The summed E-state index contributed by atoms with van der Waals surface area (Å²) in [5.74, 6) is 0. The number of fused-ring (bicyclic) bond motifs is 1. The van der Waals surface area contributed by atoms with Gasteiger partial charge in [-0.3, -0.25) is 0 Å². The van der Waals surface area contributed by atoms with Gasteiger partial charge < -0.3 is 34.8 Å². The number of aliphatic hydroxyl groups excluding tert-OH is 5. The topological polar surface area (TPSA) is 115 Å². The number of ether oxygens (including phenoxy) is 1. The van der Waals surface area contributed by atoms with E-state index in [-0.39, 0.29) is 6.61 Å². The Morgan fingerprint density at radius 1 is 0.906 bits per heavy atom. The Hall–Kier alpha value is -1.97. The predicted molar refractivity (Wildman–Crippen MR) is 121 cm³/mol. The van der Waals surface area contributed by atoms with Crippen molar-refractivity contribution in [2.45, 2.75) is 49.9 Å². The van der Waals surface area contributed by atoms with Crippen LogP contribution in [0.25, 0.3) is 10.9 Å². The standard InChI is InChI=1S/C24H28ClNO6/c25-17-7-8-18-16(10-15-5-3-14(4-6-15)2-1-9-27)12-26(19(18)11-17)24-23(31)22(30)21(29)20(13-28)32-24/h3-8,11-12,20-24,27-31H,1-2,9-10,13H2/t20-,21-,22+,23-,24-/m1/s1. The molecule has 4 rings (SSSR count). The molecule has 2 heterocycles. The molecule has 0 spiro atoms. The summed E-state index contributed by atoms with van der Waals surface area (Å²) in [6.45, 7) is -0.321. The van der Waals surface area contributed by atoms with Crippen LogP contribution in [0.5, 0.6) is 0 Å². The van der Waals surface area contributed by atoms with E-state index in [0.717, 1.165) is 34.9 Å². The normalized spacial score (nSPS) is 26.0. The number of halogens is 1. The summed E-state index contributed by atoms with van der Waals surface area (Å²) in [7, 11) is 0. The molecule has 0 bridgehead atoms. The molecule has 1 aromatic heterocycles. The fraction of sp³-hybridized carbons (Fsp3) is 0.417. The molecule has 5 atom stereocenters. The third-order valence-corrected chi connectivity index (χ3v) is 6.30. The van der Waals surface area contributed by atoms with E-state index in [1.807, 2.05) is 12.3 Å². The van der Waals surface area contributed by atoms with Crippen LogP contribution in [0, 0.1) is 0 Å². The second-order valence-electron chi connectivity index (χ2n) is 8.26. The summed E-state index contributed by atoms with van der Waals surface area (Å²) in [5, 5.41) is 51.0. The van der Waals surface area contributed by atoms with Gasteiger partial charge in [0.25, 0.3) is 0 Å². The van der Waals surface area contributed by atoms with Gasteiger partial charge in [-0.2, -0.15) is 0 Å². The number of hydrogen-bond donors (Lipinski definition) is 5. The maximum absolute atomic E-state index is 10.6. The Morgan fingerprint density at radius 2 is 1.62 bits per heavy atom. The molecular weight excluding hydrogens is 434 g/mol. The molecule has 0 aliphatic carbocycles. The first-order chi connectivity index (χ1) is 15.4. The monoisotopic (exact) mass is 461 g/mol. The number of benzene rings is 2. The number of hydrogen-bond acceptors (Lipinski definition) is 6. The smallest absolute Gasteiger partial charge is 0.163 e. The number of rotatable bonds is 7. The number of aryl methyl sites for hydroxylation is 1. The van der Waals surface area contributed by atoms with Crippen LogP contribution >= 0.6 is 11.6 Å². The van der Waals surface area contributed by atoms with Gasteiger partial charge in [0, 0.05) is 23.2 Å². The summed E-state index contributed by atoms with van der Waals surface area (Å²) in [6, 6.07) is 13.7. The van der Waals surface area contributed by atoms with Crippen molar-refractivity contribution in [2.75, 3.05) is 13.2 Å². The highest BCUT2D eigenvalue weighted by molar-refractivity contribution is 6.31. The van der Waals surface area contributed by atoms with Crippen LogP contribution < -0.4 is 0 Å². The van der Waals surface area contributed by atoms with E-state index in [1.54, 1.807) is 16.7 Å². The molecule has 1 saturated heterocycles. The Balaban J connectivity index is 1.68. The molecular formula is C24H28ClNO6. The summed E-state index contributed by atoms with van der Waals surface area (Å²) in [6.07, 6.45) is -2.22. The van der Waals surface area contributed by atoms with Gasteiger partial charge >= 0.3 is 0 Å². The van der Waals surface area contributed by atoms with Crippen molar-refractivity contribution in [3.05, 3.63) is 70.4 Å². The van der Waals surface area contributed by atoms with Crippen LogP contribution in [0.1, 0.15) is 29.3 Å². The van der Waals surface area contributed by atoms with E-state index in [2.05, 4.69) is 24.3 Å². The molecule has 0 saturated carbocycles. The SMILES string of the molecule is OCCCc1ccc(Cc2cn([C@@H]3O[C@H](CO)[C@@H](O)[C@H](O)[C@H]3O)c3cc(Cl)ccc23)cc1. The van der Waals surface area contributed by atoms with E-state index in [9.17, 15) is 20.4 Å². The van der Waals surface area contributed by atoms with E-state index < -0.39 is 37.3 Å². The number of aromatic nitrogens is 1.